The van der Waals surface area contributed by atoms with E-state index >= 15 is 0 Å². The van der Waals surface area contributed by atoms with Crippen LogP contribution in [0.15, 0.2) is 109 Å². The summed E-state index contributed by atoms with van der Waals surface area (Å²) in [6.45, 7) is 18.8. The van der Waals surface area contributed by atoms with Crippen LogP contribution in [0.25, 0.3) is 0 Å². The number of anilines is 2. The van der Waals surface area contributed by atoms with Crippen molar-refractivity contribution < 1.29 is 9.59 Å². The van der Waals surface area contributed by atoms with E-state index in [-0.39, 0.29) is 11.6 Å². The summed E-state index contributed by atoms with van der Waals surface area (Å²) in [5.41, 5.74) is 5.27. The zero-order valence-electron chi connectivity index (χ0n) is 26.8. The van der Waals surface area contributed by atoms with Gasteiger partial charge in [-0.25, -0.2) is 0 Å². The lowest BCUT2D eigenvalue weighted by atomic mass is 10.0. The molecule has 4 aromatic carbocycles. The van der Waals surface area contributed by atoms with Crippen LogP contribution in [0.3, 0.4) is 0 Å². The molecule has 0 aliphatic heterocycles. The Morgan fingerprint density at radius 3 is 0.953 bits per heavy atom. The number of carbonyl (C=O) groups is 2. The third kappa shape index (κ3) is 11.2. The quantitative estimate of drug-likeness (QED) is 0.172. The van der Waals surface area contributed by atoms with Crippen molar-refractivity contribution in [2.75, 3.05) is 49.1 Å². The third-order valence-electron chi connectivity index (χ3n) is 7.09. The Labute approximate surface area is 259 Å². The van der Waals surface area contributed by atoms with Crippen LogP contribution in [0.2, 0.25) is 0 Å². The smallest absolute Gasteiger partial charge is 0.193 e. The molecule has 228 valence electrons. The van der Waals surface area contributed by atoms with Crippen LogP contribution >= 0.6 is 0 Å². The third-order valence-corrected chi connectivity index (χ3v) is 7.09. The van der Waals surface area contributed by atoms with Crippen molar-refractivity contribution in [2.45, 2.75) is 41.5 Å². The second-order valence-corrected chi connectivity index (χ2v) is 9.79. The Morgan fingerprint density at radius 2 is 0.721 bits per heavy atom. The molecule has 0 spiro atoms. The number of ketones is 2. The van der Waals surface area contributed by atoms with E-state index in [1.165, 1.54) is 0 Å². The highest BCUT2D eigenvalue weighted by atomic mass is 16.1. The predicted molar refractivity (Wildman–Crippen MR) is 184 cm³/mol. The van der Waals surface area contributed by atoms with Gasteiger partial charge in [-0.05, 0) is 89.3 Å². The molecule has 43 heavy (non-hydrogen) atoms. The van der Waals surface area contributed by atoms with Crippen molar-refractivity contribution in [3.8, 4) is 0 Å². The maximum atomic E-state index is 12.7. The van der Waals surface area contributed by atoms with Crippen LogP contribution < -0.4 is 15.1 Å². The first-order chi connectivity index (χ1) is 20.9. The summed E-state index contributed by atoms with van der Waals surface area (Å²) in [5, 5.41) is 3.11. The van der Waals surface area contributed by atoms with E-state index in [0.717, 1.165) is 72.9 Å². The zero-order chi connectivity index (χ0) is 31.5. The second-order valence-electron chi connectivity index (χ2n) is 9.79. The molecule has 4 rings (SSSR count). The fraction of sp³-hybridized carbons (Fsp3) is 0.316. The molecule has 0 aromatic heterocycles. The van der Waals surface area contributed by atoms with Crippen LogP contribution in [0.5, 0.6) is 0 Å². The summed E-state index contributed by atoms with van der Waals surface area (Å²) >= 11 is 0. The van der Waals surface area contributed by atoms with Gasteiger partial charge in [-0.1, -0.05) is 74.5 Å². The van der Waals surface area contributed by atoms with E-state index < -0.39 is 0 Å². The number of rotatable bonds is 12. The first kappa shape index (κ1) is 35.0. The monoisotopic (exact) mass is 579 g/mol. The first-order valence-corrected chi connectivity index (χ1v) is 15.5. The van der Waals surface area contributed by atoms with Crippen molar-refractivity contribution in [3.05, 3.63) is 131 Å². The first-order valence-electron chi connectivity index (χ1n) is 15.5. The molecule has 0 aliphatic carbocycles. The molecular formula is C38H49N3O2. The van der Waals surface area contributed by atoms with Gasteiger partial charge in [0.25, 0.3) is 0 Å². The zero-order valence-corrected chi connectivity index (χ0v) is 26.8. The molecule has 0 saturated heterocycles. The number of nitrogens with one attached hydrogen (secondary N) is 1. The Bertz CT molecular complexity index is 1210. The normalized spacial score (nSPS) is 10.0. The summed E-state index contributed by atoms with van der Waals surface area (Å²) in [6.07, 6.45) is 0. The molecule has 0 bridgehead atoms. The lowest BCUT2D eigenvalue weighted by molar-refractivity contribution is 0.103. The number of benzene rings is 4. The molecule has 0 unspecified atom stereocenters. The second kappa shape index (κ2) is 19.8. The number of nitrogens with zero attached hydrogens (tertiary/aromatic N) is 2. The molecule has 0 fully saturated rings. The molecule has 4 aromatic rings. The lowest BCUT2D eigenvalue weighted by Gasteiger charge is -2.21. The minimum Gasteiger partial charge on any atom is -0.372 e. The molecular weight excluding hydrogens is 530 g/mol. The highest BCUT2D eigenvalue weighted by Crippen LogP contribution is 2.20. The van der Waals surface area contributed by atoms with Crippen LogP contribution in [0.1, 0.15) is 73.4 Å². The van der Waals surface area contributed by atoms with Gasteiger partial charge in [0.05, 0.1) is 0 Å². The van der Waals surface area contributed by atoms with Crippen molar-refractivity contribution in [1.29, 1.82) is 0 Å². The van der Waals surface area contributed by atoms with Crippen molar-refractivity contribution in [1.82, 2.24) is 5.32 Å². The summed E-state index contributed by atoms with van der Waals surface area (Å²) in [6, 6.07) is 34.4. The van der Waals surface area contributed by atoms with Crippen LogP contribution in [-0.4, -0.2) is 50.8 Å². The van der Waals surface area contributed by atoms with Gasteiger partial charge in [0.2, 0.25) is 0 Å². The highest BCUT2D eigenvalue weighted by molar-refractivity contribution is 6.09. The Morgan fingerprint density at radius 1 is 0.442 bits per heavy atom. The Balaban J connectivity index is 0.000000284. The van der Waals surface area contributed by atoms with E-state index in [1.54, 1.807) is 0 Å². The summed E-state index contributed by atoms with van der Waals surface area (Å²) in [4.78, 5) is 29.0. The summed E-state index contributed by atoms with van der Waals surface area (Å²) in [7, 11) is 0. The number of carbonyl (C=O) groups excluding carboxylic acids is 2. The SMILES string of the molecule is CCN(CC)c1ccc(C(=O)c2ccc(N(CC)CC)cc2)cc1.CCNCC.O=C(c1ccccc1)c1ccccc1. The van der Waals surface area contributed by atoms with E-state index in [4.69, 9.17) is 0 Å². The molecule has 0 heterocycles. The van der Waals surface area contributed by atoms with Crippen LogP contribution in [-0.2, 0) is 0 Å². The number of hydrogen-bond acceptors (Lipinski definition) is 5. The van der Waals surface area contributed by atoms with Crippen LogP contribution in [0, 0.1) is 0 Å². The number of hydrogen-bond donors (Lipinski definition) is 1. The standard InChI is InChI=1S/C21H28N2O.C13H10O.C4H11N/c1-5-22(6-2)19-13-9-17(10-14-19)21(24)18-11-15-20(16-12-18)23(7-3)8-4;14-13(11-7-3-1-4-8-11)12-9-5-2-6-10-12;1-3-5-4-2/h9-16H,5-8H2,1-4H3;1-10H;5H,3-4H2,1-2H3. The molecule has 0 saturated carbocycles. The topological polar surface area (TPSA) is 52.7 Å². The van der Waals surface area contributed by atoms with Gasteiger partial charge < -0.3 is 15.1 Å². The highest BCUT2D eigenvalue weighted by Gasteiger charge is 2.11. The Hall–Kier alpha value is -4.22. The van der Waals surface area contributed by atoms with Crippen molar-refractivity contribution in [3.63, 3.8) is 0 Å². The van der Waals surface area contributed by atoms with Gasteiger partial charge in [-0.3, -0.25) is 9.59 Å². The molecule has 5 nitrogen and oxygen atoms in total. The van der Waals surface area contributed by atoms with E-state index in [2.05, 4.69) is 56.7 Å². The molecule has 1 N–H and O–H groups in total. The predicted octanol–water partition coefficient (Wildman–Crippen LogP) is 8.14. The van der Waals surface area contributed by atoms with Crippen molar-refractivity contribution in [2.24, 2.45) is 0 Å². The van der Waals surface area contributed by atoms with Gasteiger partial charge in [-0.2, -0.15) is 0 Å². The fourth-order valence-electron chi connectivity index (χ4n) is 4.59. The maximum absolute atomic E-state index is 12.7. The van der Waals surface area contributed by atoms with Gasteiger partial charge >= 0.3 is 0 Å². The van der Waals surface area contributed by atoms with E-state index in [0.29, 0.717) is 0 Å². The van der Waals surface area contributed by atoms with E-state index in [1.807, 2.05) is 109 Å². The fourth-order valence-corrected chi connectivity index (χ4v) is 4.59. The molecule has 0 radical (unpaired) electrons. The minimum absolute atomic E-state index is 0.0752. The summed E-state index contributed by atoms with van der Waals surface area (Å²) < 4.78 is 0. The molecule has 5 heteroatoms. The molecule has 0 aliphatic rings. The van der Waals surface area contributed by atoms with E-state index in [9.17, 15) is 9.59 Å². The molecule has 0 amide bonds. The van der Waals surface area contributed by atoms with Gasteiger partial charge in [0.15, 0.2) is 11.6 Å². The summed E-state index contributed by atoms with van der Waals surface area (Å²) in [5.74, 6) is 0.151. The van der Waals surface area contributed by atoms with Gasteiger partial charge in [-0.15, -0.1) is 0 Å². The van der Waals surface area contributed by atoms with Crippen LogP contribution in [0.4, 0.5) is 11.4 Å². The lowest BCUT2D eigenvalue weighted by Crippen LogP contribution is -2.22. The Kier molecular flexibility index (Phi) is 16.1. The minimum atomic E-state index is 0.0752. The average molecular weight is 580 g/mol. The largest absolute Gasteiger partial charge is 0.372 e. The van der Waals surface area contributed by atoms with Gasteiger partial charge in [0, 0.05) is 59.8 Å². The van der Waals surface area contributed by atoms with Crippen molar-refractivity contribution >= 4 is 22.9 Å². The maximum Gasteiger partial charge on any atom is 0.193 e. The van der Waals surface area contributed by atoms with Gasteiger partial charge in [0.1, 0.15) is 0 Å². The molecule has 0 atom stereocenters. The average Bonchev–Trinajstić information content (AvgIpc) is 3.07.